The second-order valence-corrected chi connectivity index (χ2v) is 3.39. The number of carboxylic acid groups (broad SMARTS) is 1. The van der Waals surface area contributed by atoms with Gasteiger partial charge in [-0.1, -0.05) is 32.6 Å². The summed E-state index contributed by atoms with van der Waals surface area (Å²) in [6.45, 7) is 2.14. The zero-order chi connectivity index (χ0) is 9.73. The van der Waals surface area contributed by atoms with Gasteiger partial charge in [0.05, 0.1) is 0 Å². The van der Waals surface area contributed by atoms with Crippen LogP contribution in [0.1, 0.15) is 45.4 Å². The van der Waals surface area contributed by atoms with Crippen molar-refractivity contribution in [3.63, 3.8) is 0 Å². The molecule has 0 unspecified atom stereocenters. The number of hydrogen-bond acceptors (Lipinski definition) is 3. The molecule has 0 bridgehead atoms. The summed E-state index contributed by atoms with van der Waals surface area (Å²) in [6.07, 6.45) is 5.93. The van der Waals surface area contributed by atoms with Gasteiger partial charge in [0.15, 0.2) is 0 Å². The molecular weight excluding hydrogens is 172 g/mol. The van der Waals surface area contributed by atoms with E-state index < -0.39 is 11.8 Å². The van der Waals surface area contributed by atoms with E-state index in [4.69, 9.17) is 5.11 Å². The van der Waals surface area contributed by atoms with Crippen LogP contribution in [0, 0.1) is 0 Å². The Morgan fingerprint density at radius 2 is 1.85 bits per heavy atom. The highest BCUT2D eigenvalue weighted by Gasteiger charge is 2.56. The summed E-state index contributed by atoms with van der Waals surface area (Å²) in [7, 11) is 0. The highest BCUT2D eigenvalue weighted by atomic mass is 17.4. The lowest BCUT2D eigenvalue weighted by Crippen LogP contribution is -2.23. The van der Waals surface area contributed by atoms with Crippen molar-refractivity contribution in [2.45, 2.75) is 51.2 Å². The highest BCUT2D eigenvalue weighted by molar-refractivity contribution is 5.76. The Kier molecular flexibility index (Phi) is 3.69. The number of unbranched alkanes of at least 4 members (excludes halogenated alkanes) is 4. The van der Waals surface area contributed by atoms with Gasteiger partial charge in [-0.05, 0) is 6.42 Å². The Balaban J connectivity index is 2.03. The van der Waals surface area contributed by atoms with E-state index in [2.05, 4.69) is 16.7 Å². The first-order valence-electron chi connectivity index (χ1n) is 4.81. The quantitative estimate of drug-likeness (QED) is 0.377. The largest absolute Gasteiger partial charge is 0.477 e. The van der Waals surface area contributed by atoms with E-state index in [1.54, 1.807) is 0 Å². The summed E-state index contributed by atoms with van der Waals surface area (Å²) in [6, 6.07) is 0. The third kappa shape index (κ3) is 2.97. The minimum atomic E-state index is -1.29. The maximum absolute atomic E-state index is 10.6. The Hall–Kier alpha value is -0.610. The number of rotatable bonds is 7. The van der Waals surface area contributed by atoms with E-state index in [9.17, 15) is 4.79 Å². The first-order chi connectivity index (χ1) is 6.21. The molecule has 1 saturated heterocycles. The van der Waals surface area contributed by atoms with Crippen LogP contribution >= 0.6 is 0 Å². The Morgan fingerprint density at radius 3 is 2.31 bits per heavy atom. The lowest BCUT2D eigenvalue weighted by Gasteiger charge is -2.01. The normalized spacial score (nSPS) is 18.5. The van der Waals surface area contributed by atoms with Gasteiger partial charge in [0.1, 0.15) is 0 Å². The van der Waals surface area contributed by atoms with Crippen LogP contribution in [0.15, 0.2) is 0 Å². The molecule has 0 aromatic rings. The summed E-state index contributed by atoms with van der Waals surface area (Å²) in [5, 5.41) is 8.66. The molecule has 0 radical (unpaired) electrons. The maximum Gasteiger partial charge on any atom is 0.370 e. The predicted octanol–water partition coefficient (Wildman–Crippen LogP) is 2.09. The maximum atomic E-state index is 10.6. The number of carboxylic acids is 1. The van der Waals surface area contributed by atoms with Crippen LogP contribution in [0.4, 0.5) is 0 Å². The van der Waals surface area contributed by atoms with E-state index in [0.717, 1.165) is 19.3 Å². The van der Waals surface area contributed by atoms with Crippen molar-refractivity contribution in [3.05, 3.63) is 0 Å². The van der Waals surface area contributed by atoms with E-state index in [0.29, 0.717) is 6.42 Å². The van der Waals surface area contributed by atoms with E-state index >= 15 is 0 Å². The van der Waals surface area contributed by atoms with Crippen LogP contribution in [0.3, 0.4) is 0 Å². The smallest absolute Gasteiger partial charge is 0.370 e. The molecule has 1 heterocycles. The summed E-state index contributed by atoms with van der Waals surface area (Å²) in [4.78, 5) is 19.5. The lowest BCUT2D eigenvalue weighted by atomic mass is 10.1. The predicted molar refractivity (Wildman–Crippen MR) is 45.9 cm³/mol. The Bertz CT molecular complexity index is 174. The molecule has 1 aliphatic rings. The molecule has 1 N–H and O–H groups in total. The number of aliphatic carboxylic acids is 1. The van der Waals surface area contributed by atoms with Crippen LogP contribution in [0.5, 0.6) is 0 Å². The van der Waals surface area contributed by atoms with Crippen LogP contribution in [-0.4, -0.2) is 16.9 Å². The fourth-order valence-electron chi connectivity index (χ4n) is 1.27. The molecule has 0 amide bonds. The van der Waals surface area contributed by atoms with Crippen molar-refractivity contribution < 1.29 is 19.7 Å². The second-order valence-electron chi connectivity index (χ2n) is 3.39. The minimum absolute atomic E-state index is 0.464. The van der Waals surface area contributed by atoms with Crippen molar-refractivity contribution in [1.29, 1.82) is 0 Å². The van der Waals surface area contributed by atoms with Crippen molar-refractivity contribution >= 4 is 5.97 Å². The summed E-state index contributed by atoms with van der Waals surface area (Å²) < 4.78 is 0. The fraction of sp³-hybridized carbons (Fsp3) is 0.889. The van der Waals surface area contributed by atoms with Gasteiger partial charge in [-0.2, -0.15) is 9.78 Å². The zero-order valence-electron chi connectivity index (χ0n) is 7.91. The summed E-state index contributed by atoms with van der Waals surface area (Å²) >= 11 is 0. The molecule has 0 aliphatic carbocycles. The summed E-state index contributed by atoms with van der Waals surface area (Å²) in [5.41, 5.74) is 0. The molecule has 0 saturated carbocycles. The van der Waals surface area contributed by atoms with Gasteiger partial charge in [-0.3, -0.25) is 0 Å². The first-order valence-corrected chi connectivity index (χ1v) is 4.81. The molecule has 13 heavy (non-hydrogen) atoms. The highest BCUT2D eigenvalue weighted by Crippen LogP contribution is 2.35. The van der Waals surface area contributed by atoms with Crippen molar-refractivity contribution in [2.75, 3.05) is 0 Å². The molecular formula is C9H16O4. The van der Waals surface area contributed by atoms with Crippen LogP contribution in [0.25, 0.3) is 0 Å². The molecule has 76 valence electrons. The molecule has 1 rings (SSSR count). The molecule has 0 atom stereocenters. The first kappa shape index (κ1) is 10.5. The zero-order valence-corrected chi connectivity index (χ0v) is 7.91. The third-order valence-corrected chi connectivity index (χ3v) is 2.22. The Morgan fingerprint density at radius 1 is 1.23 bits per heavy atom. The third-order valence-electron chi connectivity index (χ3n) is 2.22. The standard InChI is InChI=1S/C9H16O4/c1-2-3-4-5-6-7-9(8(10)11)12-13-9/h2-7H2,1H3,(H,10,11). The topological polar surface area (TPSA) is 62.4 Å². The van der Waals surface area contributed by atoms with Gasteiger partial charge in [0.25, 0.3) is 0 Å². The van der Waals surface area contributed by atoms with Crippen molar-refractivity contribution in [3.8, 4) is 0 Å². The molecule has 4 heteroatoms. The van der Waals surface area contributed by atoms with Crippen LogP contribution < -0.4 is 0 Å². The molecule has 4 nitrogen and oxygen atoms in total. The van der Waals surface area contributed by atoms with Gasteiger partial charge in [0.2, 0.25) is 0 Å². The monoisotopic (exact) mass is 188 g/mol. The SMILES string of the molecule is CCCCCCCC1(C(=O)O)OO1. The van der Waals surface area contributed by atoms with Gasteiger partial charge < -0.3 is 5.11 Å². The lowest BCUT2D eigenvalue weighted by molar-refractivity contribution is -0.144. The van der Waals surface area contributed by atoms with E-state index in [1.807, 2.05) is 0 Å². The van der Waals surface area contributed by atoms with Crippen molar-refractivity contribution in [1.82, 2.24) is 0 Å². The Labute approximate surface area is 77.8 Å². The fourth-order valence-corrected chi connectivity index (χ4v) is 1.27. The molecule has 0 aromatic heterocycles. The van der Waals surface area contributed by atoms with Gasteiger partial charge in [-0.15, -0.1) is 0 Å². The van der Waals surface area contributed by atoms with Gasteiger partial charge in [-0.25, -0.2) is 4.79 Å². The van der Waals surface area contributed by atoms with E-state index in [-0.39, 0.29) is 0 Å². The van der Waals surface area contributed by atoms with Gasteiger partial charge in [0, 0.05) is 6.42 Å². The van der Waals surface area contributed by atoms with Gasteiger partial charge >= 0.3 is 11.8 Å². The minimum Gasteiger partial charge on any atom is -0.477 e. The second kappa shape index (κ2) is 4.58. The van der Waals surface area contributed by atoms with Crippen LogP contribution in [0.2, 0.25) is 0 Å². The number of carbonyl (C=O) groups is 1. The molecule has 1 fully saturated rings. The average molecular weight is 188 g/mol. The molecule has 0 spiro atoms. The van der Waals surface area contributed by atoms with Crippen LogP contribution in [-0.2, 0) is 14.6 Å². The van der Waals surface area contributed by atoms with Crippen molar-refractivity contribution in [2.24, 2.45) is 0 Å². The average Bonchev–Trinajstić information content (AvgIpc) is 2.85. The molecule has 0 aromatic carbocycles. The van der Waals surface area contributed by atoms with E-state index in [1.165, 1.54) is 12.8 Å². The summed E-state index contributed by atoms with van der Waals surface area (Å²) in [5.74, 6) is -2.30. The number of hydrogen-bond donors (Lipinski definition) is 1. The molecule has 1 aliphatic heterocycles.